The zero-order valence-electron chi connectivity index (χ0n) is 9.06. The lowest BCUT2D eigenvalue weighted by Gasteiger charge is -2.26. The van der Waals surface area contributed by atoms with E-state index < -0.39 is 22.8 Å². The summed E-state index contributed by atoms with van der Waals surface area (Å²) in [6.45, 7) is 1.09. The van der Waals surface area contributed by atoms with E-state index in [1.54, 1.807) is 0 Å². The van der Waals surface area contributed by atoms with Crippen LogP contribution < -0.4 is 0 Å². The molecule has 94 valence electrons. The summed E-state index contributed by atoms with van der Waals surface area (Å²) in [4.78, 5) is 0. The fourth-order valence-electron chi connectivity index (χ4n) is 2.00. The Bertz CT molecular complexity index is 405. The van der Waals surface area contributed by atoms with Gasteiger partial charge in [-0.1, -0.05) is 0 Å². The fourth-order valence-corrected chi connectivity index (χ4v) is 2.37. The molecule has 1 heterocycles. The van der Waals surface area contributed by atoms with Gasteiger partial charge in [-0.25, -0.2) is 13.2 Å². The number of rotatable bonds is 2. The quantitative estimate of drug-likeness (QED) is 0.583. The molecule has 1 fully saturated rings. The van der Waals surface area contributed by atoms with E-state index in [-0.39, 0.29) is 11.5 Å². The second kappa shape index (κ2) is 5.27. The van der Waals surface area contributed by atoms with Crippen LogP contribution in [0.5, 0.6) is 0 Å². The minimum Gasteiger partial charge on any atom is -0.381 e. The number of alkyl halides is 1. The summed E-state index contributed by atoms with van der Waals surface area (Å²) in [5, 5.41) is -0.689. The largest absolute Gasteiger partial charge is 0.381 e. The van der Waals surface area contributed by atoms with Crippen molar-refractivity contribution in [1.82, 2.24) is 0 Å². The zero-order chi connectivity index (χ0) is 12.4. The molecule has 0 radical (unpaired) electrons. The predicted molar refractivity (Wildman–Crippen MR) is 58.5 cm³/mol. The predicted octanol–water partition coefficient (Wildman–Crippen LogP) is 3.81. The highest BCUT2D eigenvalue weighted by Gasteiger charge is 2.27. The molecule has 1 aromatic carbocycles. The average molecular weight is 265 g/mol. The van der Waals surface area contributed by atoms with E-state index in [4.69, 9.17) is 16.3 Å². The Balaban J connectivity index is 2.23. The van der Waals surface area contributed by atoms with E-state index >= 15 is 0 Å². The van der Waals surface area contributed by atoms with Crippen LogP contribution >= 0.6 is 11.6 Å². The molecule has 1 saturated heterocycles. The second-order valence-electron chi connectivity index (χ2n) is 4.17. The van der Waals surface area contributed by atoms with Gasteiger partial charge < -0.3 is 4.74 Å². The molecule has 1 aliphatic rings. The number of hydrogen-bond donors (Lipinski definition) is 0. The molecular weight excluding hydrogens is 253 g/mol. The summed E-state index contributed by atoms with van der Waals surface area (Å²) in [6, 6.07) is 1.36. The molecule has 2 atom stereocenters. The number of ether oxygens (including phenoxy) is 1. The van der Waals surface area contributed by atoms with Gasteiger partial charge in [0.2, 0.25) is 0 Å². The Kier molecular flexibility index (Phi) is 3.94. The lowest BCUT2D eigenvalue weighted by atomic mass is 9.93. The van der Waals surface area contributed by atoms with Gasteiger partial charge in [0.15, 0.2) is 11.6 Å². The topological polar surface area (TPSA) is 9.23 Å². The van der Waals surface area contributed by atoms with Crippen LogP contribution in [0, 0.1) is 23.4 Å². The van der Waals surface area contributed by atoms with Crippen LogP contribution in [-0.2, 0) is 4.74 Å². The SMILES string of the molecule is Fc1cc(F)c(C(Cl)C2CCCOC2)cc1F. The molecule has 0 amide bonds. The van der Waals surface area contributed by atoms with Gasteiger partial charge in [-0.2, -0.15) is 0 Å². The van der Waals surface area contributed by atoms with Crippen molar-refractivity contribution in [3.8, 4) is 0 Å². The van der Waals surface area contributed by atoms with Crippen molar-refractivity contribution in [2.45, 2.75) is 18.2 Å². The molecule has 1 nitrogen and oxygen atoms in total. The van der Waals surface area contributed by atoms with Gasteiger partial charge in [0.05, 0.1) is 12.0 Å². The third-order valence-corrected chi connectivity index (χ3v) is 3.54. The van der Waals surface area contributed by atoms with Gasteiger partial charge in [0.1, 0.15) is 5.82 Å². The maximum atomic E-state index is 13.5. The van der Waals surface area contributed by atoms with Crippen LogP contribution in [0.25, 0.3) is 0 Å². The summed E-state index contributed by atoms with van der Waals surface area (Å²) in [7, 11) is 0. The molecular formula is C12H12ClF3O. The highest BCUT2D eigenvalue weighted by molar-refractivity contribution is 6.21. The van der Waals surface area contributed by atoms with Crippen LogP contribution in [0.2, 0.25) is 0 Å². The van der Waals surface area contributed by atoms with Gasteiger partial charge in [-0.3, -0.25) is 0 Å². The molecule has 2 unspecified atom stereocenters. The monoisotopic (exact) mass is 264 g/mol. The number of hydrogen-bond acceptors (Lipinski definition) is 1. The first-order valence-electron chi connectivity index (χ1n) is 5.46. The first kappa shape index (κ1) is 12.7. The fraction of sp³-hybridized carbons (Fsp3) is 0.500. The van der Waals surface area contributed by atoms with Gasteiger partial charge in [-0.15, -0.1) is 11.6 Å². The molecule has 1 aromatic rings. The average Bonchev–Trinajstić information content (AvgIpc) is 2.34. The lowest BCUT2D eigenvalue weighted by molar-refractivity contribution is 0.0528. The van der Waals surface area contributed by atoms with Crippen molar-refractivity contribution in [2.75, 3.05) is 13.2 Å². The highest BCUT2D eigenvalue weighted by Crippen LogP contribution is 2.36. The Morgan fingerprint density at radius 1 is 1.18 bits per heavy atom. The van der Waals surface area contributed by atoms with E-state index in [0.717, 1.165) is 18.9 Å². The first-order valence-corrected chi connectivity index (χ1v) is 5.89. The van der Waals surface area contributed by atoms with Crippen LogP contribution in [0.15, 0.2) is 12.1 Å². The normalized spacial score (nSPS) is 22.5. The van der Waals surface area contributed by atoms with Crippen molar-refractivity contribution in [3.63, 3.8) is 0 Å². The van der Waals surface area contributed by atoms with Crippen LogP contribution in [0.1, 0.15) is 23.8 Å². The van der Waals surface area contributed by atoms with Gasteiger partial charge in [0.25, 0.3) is 0 Å². The Morgan fingerprint density at radius 3 is 2.53 bits per heavy atom. The van der Waals surface area contributed by atoms with Gasteiger partial charge in [0, 0.05) is 24.2 Å². The number of benzene rings is 1. The van der Waals surface area contributed by atoms with Crippen LogP contribution in [0.4, 0.5) is 13.2 Å². The van der Waals surface area contributed by atoms with Gasteiger partial charge in [-0.05, 0) is 18.9 Å². The summed E-state index contributed by atoms with van der Waals surface area (Å²) < 4.78 is 44.6. The molecule has 2 rings (SSSR count). The third kappa shape index (κ3) is 2.75. The van der Waals surface area contributed by atoms with E-state index in [2.05, 4.69) is 0 Å². The summed E-state index contributed by atoms with van der Waals surface area (Å²) >= 11 is 6.11. The van der Waals surface area contributed by atoms with Crippen LogP contribution in [-0.4, -0.2) is 13.2 Å². The minimum atomic E-state index is -1.20. The van der Waals surface area contributed by atoms with Crippen molar-refractivity contribution in [3.05, 3.63) is 35.1 Å². The molecule has 0 saturated carbocycles. The maximum absolute atomic E-state index is 13.5. The molecule has 0 aromatic heterocycles. The van der Waals surface area contributed by atoms with Crippen molar-refractivity contribution in [2.24, 2.45) is 5.92 Å². The van der Waals surface area contributed by atoms with Crippen molar-refractivity contribution < 1.29 is 17.9 Å². The molecule has 1 aliphatic heterocycles. The lowest BCUT2D eigenvalue weighted by Crippen LogP contribution is -2.22. The molecule has 17 heavy (non-hydrogen) atoms. The number of halogens is 4. The standard InChI is InChI=1S/C12H12ClF3O/c13-12(7-2-1-3-17-6-7)8-4-10(15)11(16)5-9(8)14/h4-5,7,12H,1-3,6H2. The highest BCUT2D eigenvalue weighted by atomic mass is 35.5. The Morgan fingerprint density at radius 2 is 1.88 bits per heavy atom. The molecule has 0 bridgehead atoms. The molecule has 0 N–H and O–H groups in total. The van der Waals surface area contributed by atoms with Crippen LogP contribution in [0.3, 0.4) is 0 Å². The Labute approximate surface area is 103 Å². The summed E-state index contributed by atoms with van der Waals surface area (Å²) in [6.07, 6.45) is 1.64. The Hall–Kier alpha value is -0.740. The van der Waals surface area contributed by atoms with E-state index in [1.165, 1.54) is 0 Å². The van der Waals surface area contributed by atoms with E-state index in [9.17, 15) is 13.2 Å². The second-order valence-corrected chi connectivity index (χ2v) is 4.64. The van der Waals surface area contributed by atoms with Crippen molar-refractivity contribution in [1.29, 1.82) is 0 Å². The van der Waals surface area contributed by atoms with Gasteiger partial charge >= 0.3 is 0 Å². The van der Waals surface area contributed by atoms with E-state index in [1.807, 2.05) is 0 Å². The maximum Gasteiger partial charge on any atom is 0.161 e. The zero-order valence-corrected chi connectivity index (χ0v) is 9.81. The smallest absolute Gasteiger partial charge is 0.161 e. The summed E-state index contributed by atoms with van der Waals surface area (Å²) in [5.74, 6) is -3.15. The summed E-state index contributed by atoms with van der Waals surface area (Å²) in [5.41, 5.74) is 0.000988. The molecule has 0 spiro atoms. The molecule has 0 aliphatic carbocycles. The molecule has 5 heteroatoms. The van der Waals surface area contributed by atoms with Crippen molar-refractivity contribution >= 4 is 11.6 Å². The van der Waals surface area contributed by atoms with E-state index in [0.29, 0.717) is 19.3 Å². The third-order valence-electron chi connectivity index (χ3n) is 2.95. The minimum absolute atomic E-state index is 0.000988. The first-order chi connectivity index (χ1) is 8.09.